The van der Waals surface area contributed by atoms with Crippen LogP contribution in [0.5, 0.6) is 5.75 Å². The van der Waals surface area contributed by atoms with E-state index < -0.39 is 0 Å². The van der Waals surface area contributed by atoms with E-state index in [0.717, 1.165) is 23.7 Å². The minimum absolute atomic E-state index is 0.0459. The highest BCUT2D eigenvalue weighted by Crippen LogP contribution is 2.16. The van der Waals surface area contributed by atoms with Crippen molar-refractivity contribution in [2.75, 3.05) is 29.9 Å². The number of anilines is 2. The first-order valence-corrected chi connectivity index (χ1v) is 7.66. The van der Waals surface area contributed by atoms with Crippen molar-refractivity contribution in [1.29, 1.82) is 0 Å². The highest BCUT2D eigenvalue weighted by atomic mass is 16.5. The maximum Gasteiger partial charge on any atom is 0.243 e. The second kappa shape index (κ2) is 8.63. The Morgan fingerprint density at radius 3 is 2.48 bits per heavy atom. The third-order valence-corrected chi connectivity index (χ3v) is 3.34. The summed E-state index contributed by atoms with van der Waals surface area (Å²) >= 11 is 0. The van der Waals surface area contributed by atoms with Crippen LogP contribution in [0.3, 0.4) is 0 Å². The molecule has 0 saturated carbocycles. The van der Waals surface area contributed by atoms with E-state index in [1.54, 1.807) is 6.08 Å². The van der Waals surface area contributed by atoms with E-state index in [4.69, 9.17) is 4.74 Å². The molecular weight excluding hydrogens is 288 g/mol. The van der Waals surface area contributed by atoms with Gasteiger partial charge < -0.3 is 15.0 Å². The summed E-state index contributed by atoms with van der Waals surface area (Å²) in [4.78, 5) is 14.2. The number of carbonyl (C=O) groups excluding carboxylic acids is 1. The fourth-order valence-corrected chi connectivity index (χ4v) is 2.19. The van der Waals surface area contributed by atoms with Crippen molar-refractivity contribution in [1.82, 2.24) is 0 Å². The molecule has 0 aliphatic rings. The van der Waals surface area contributed by atoms with E-state index in [2.05, 4.69) is 11.9 Å². The lowest BCUT2D eigenvalue weighted by Gasteiger charge is -2.22. The zero-order valence-electron chi connectivity index (χ0n) is 13.4. The van der Waals surface area contributed by atoms with Crippen LogP contribution in [0.25, 0.3) is 0 Å². The van der Waals surface area contributed by atoms with Gasteiger partial charge in [-0.05, 0) is 43.3 Å². The summed E-state index contributed by atoms with van der Waals surface area (Å²) in [5.74, 6) is 0.706. The fourth-order valence-electron chi connectivity index (χ4n) is 2.19. The quantitative estimate of drug-likeness (QED) is 0.756. The molecule has 23 heavy (non-hydrogen) atoms. The third kappa shape index (κ3) is 5.18. The fraction of sp³-hybridized carbons (Fsp3) is 0.211. The van der Waals surface area contributed by atoms with Gasteiger partial charge in [-0.3, -0.25) is 4.79 Å². The Morgan fingerprint density at radius 2 is 1.87 bits per heavy atom. The number of amides is 1. The molecule has 2 aromatic rings. The highest BCUT2D eigenvalue weighted by molar-refractivity contribution is 5.94. The molecule has 0 saturated heterocycles. The Hall–Kier alpha value is -2.75. The predicted octanol–water partition coefficient (Wildman–Crippen LogP) is 3.72. The van der Waals surface area contributed by atoms with Crippen molar-refractivity contribution in [3.8, 4) is 5.75 Å². The number of nitrogens with zero attached hydrogens (tertiary/aromatic N) is 1. The van der Waals surface area contributed by atoms with Crippen molar-refractivity contribution >= 4 is 17.3 Å². The lowest BCUT2D eigenvalue weighted by molar-refractivity contribution is -0.115. The number of para-hydroxylation sites is 1. The van der Waals surface area contributed by atoms with Gasteiger partial charge in [0.1, 0.15) is 12.4 Å². The van der Waals surface area contributed by atoms with Gasteiger partial charge in [-0.25, -0.2) is 0 Å². The molecule has 0 atom stereocenters. The van der Waals surface area contributed by atoms with Crippen molar-refractivity contribution in [3.63, 3.8) is 0 Å². The summed E-state index contributed by atoms with van der Waals surface area (Å²) in [6.45, 7) is 7.19. The number of hydrogen-bond donors (Lipinski definition) is 1. The Morgan fingerprint density at radius 1 is 1.17 bits per heavy atom. The second-order valence-electron chi connectivity index (χ2n) is 5.02. The van der Waals surface area contributed by atoms with Crippen molar-refractivity contribution in [3.05, 3.63) is 67.3 Å². The number of rotatable bonds is 8. The van der Waals surface area contributed by atoms with Crippen LogP contribution in [0, 0.1) is 0 Å². The van der Waals surface area contributed by atoms with Crippen molar-refractivity contribution in [2.45, 2.75) is 6.92 Å². The molecule has 120 valence electrons. The van der Waals surface area contributed by atoms with Crippen LogP contribution in [0.15, 0.2) is 67.3 Å². The molecule has 1 N–H and O–H groups in total. The Bertz CT molecular complexity index is 624. The number of benzene rings is 2. The van der Waals surface area contributed by atoms with Gasteiger partial charge in [0.15, 0.2) is 0 Å². The SMILES string of the molecule is C=CCOc1ccc(NC(=O)CN(CC)c2ccccc2)cc1. The van der Waals surface area contributed by atoms with Crippen molar-refractivity contribution < 1.29 is 9.53 Å². The topological polar surface area (TPSA) is 41.6 Å². The third-order valence-electron chi connectivity index (χ3n) is 3.34. The number of carbonyl (C=O) groups is 1. The van der Waals surface area contributed by atoms with Crippen LogP contribution in [0.1, 0.15) is 6.92 Å². The van der Waals surface area contributed by atoms with Crippen LogP contribution in [0.2, 0.25) is 0 Å². The number of ether oxygens (including phenoxy) is 1. The summed E-state index contributed by atoms with van der Waals surface area (Å²) in [6.07, 6.45) is 1.69. The van der Waals surface area contributed by atoms with Gasteiger partial charge in [-0.15, -0.1) is 0 Å². The standard InChI is InChI=1S/C19H22N2O2/c1-3-14-23-18-12-10-16(11-13-18)20-19(22)15-21(4-2)17-8-6-5-7-9-17/h3,5-13H,1,4,14-15H2,2H3,(H,20,22). The molecule has 2 aromatic carbocycles. The number of nitrogens with one attached hydrogen (secondary N) is 1. The lowest BCUT2D eigenvalue weighted by Crippen LogP contribution is -2.33. The van der Waals surface area contributed by atoms with Crippen LogP contribution < -0.4 is 15.0 Å². The second-order valence-corrected chi connectivity index (χ2v) is 5.02. The van der Waals surface area contributed by atoms with Gasteiger partial charge in [0.25, 0.3) is 0 Å². The van der Waals surface area contributed by atoms with Crippen LogP contribution in [0.4, 0.5) is 11.4 Å². The first-order valence-electron chi connectivity index (χ1n) is 7.66. The smallest absolute Gasteiger partial charge is 0.243 e. The molecule has 0 aliphatic heterocycles. The minimum atomic E-state index is -0.0459. The van der Waals surface area contributed by atoms with Gasteiger partial charge in [0, 0.05) is 17.9 Å². The zero-order chi connectivity index (χ0) is 16.5. The maximum absolute atomic E-state index is 12.2. The molecule has 1 amide bonds. The summed E-state index contributed by atoms with van der Waals surface area (Å²) < 4.78 is 5.42. The molecule has 0 fully saturated rings. The van der Waals surface area contributed by atoms with Gasteiger partial charge in [0.05, 0.1) is 6.54 Å². The van der Waals surface area contributed by atoms with Gasteiger partial charge in [0.2, 0.25) is 5.91 Å². The Kier molecular flexibility index (Phi) is 6.24. The molecule has 0 aliphatic carbocycles. The maximum atomic E-state index is 12.2. The summed E-state index contributed by atoms with van der Waals surface area (Å²) in [7, 11) is 0. The van der Waals surface area contributed by atoms with E-state index in [1.807, 2.05) is 66.4 Å². The Labute approximate surface area is 137 Å². The lowest BCUT2D eigenvalue weighted by atomic mass is 10.2. The molecule has 0 unspecified atom stereocenters. The van der Waals surface area contributed by atoms with Crippen LogP contribution in [-0.2, 0) is 4.79 Å². The zero-order valence-corrected chi connectivity index (χ0v) is 13.4. The van der Waals surface area contributed by atoms with Crippen LogP contribution in [-0.4, -0.2) is 25.6 Å². The number of hydrogen-bond acceptors (Lipinski definition) is 3. The van der Waals surface area contributed by atoms with E-state index in [0.29, 0.717) is 13.2 Å². The van der Waals surface area contributed by atoms with E-state index in [-0.39, 0.29) is 5.91 Å². The van der Waals surface area contributed by atoms with E-state index in [1.165, 1.54) is 0 Å². The molecule has 4 nitrogen and oxygen atoms in total. The molecule has 0 spiro atoms. The average molecular weight is 310 g/mol. The molecule has 0 bridgehead atoms. The predicted molar refractivity (Wildman–Crippen MR) is 95.1 cm³/mol. The first kappa shape index (κ1) is 16.6. The van der Waals surface area contributed by atoms with Crippen molar-refractivity contribution in [2.24, 2.45) is 0 Å². The highest BCUT2D eigenvalue weighted by Gasteiger charge is 2.10. The molecule has 0 aromatic heterocycles. The monoisotopic (exact) mass is 310 g/mol. The van der Waals surface area contributed by atoms with Crippen LogP contribution >= 0.6 is 0 Å². The van der Waals surface area contributed by atoms with Gasteiger partial charge >= 0.3 is 0 Å². The first-order chi connectivity index (χ1) is 11.2. The van der Waals surface area contributed by atoms with Gasteiger partial charge in [-0.2, -0.15) is 0 Å². The number of likely N-dealkylation sites (N-methyl/N-ethyl adjacent to an activating group) is 1. The molecule has 0 heterocycles. The van der Waals surface area contributed by atoms with E-state index in [9.17, 15) is 4.79 Å². The van der Waals surface area contributed by atoms with E-state index >= 15 is 0 Å². The normalized spacial score (nSPS) is 9.96. The summed E-state index contributed by atoms with van der Waals surface area (Å²) in [5, 5.41) is 2.90. The molecule has 4 heteroatoms. The minimum Gasteiger partial charge on any atom is -0.490 e. The summed E-state index contributed by atoms with van der Waals surface area (Å²) in [5.41, 5.74) is 1.79. The largest absolute Gasteiger partial charge is 0.490 e. The Balaban J connectivity index is 1.92. The molecule has 0 radical (unpaired) electrons. The molecule has 2 rings (SSSR count). The van der Waals surface area contributed by atoms with Gasteiger partial charge in [-0.1, -0.05) is 30.9 Å². The summed E-state index contributed by atoms with van der Waals surface area (Å²) in [6, 6.07) is 17.2. The average Bonchev–Trinajstić information content (AvgIpc) is 2.60. The molecular formula is C19H22N2O2.